The van der Waals surface area contributed by atoms with Gasteiger partial charge in [0.2, 0.25) is 17.7 Å². The maximum atomic E-state index is 14.0. The van der Waals surface area contributed by atoms with Crippen molar-refractivity contribution >= 4 is 23.8 Å². The minimum atomic E-state index is -1.29. The van der Waals surface area contributed by atoms with Crippen LogP contribution >= 0.6 is 0 Å². The zero-order valence-corrected chi connectivity index (χ0v) is 23.7. The number of hydrogen-bond acceptors (Lipinski definition) is 5. The summed E-state index contributed by atoms with van der Waals surface area (Å²) in [4.78, 5) is 53.6. The number of rotatable bonds is 13. The van der Waals surface area contributed by atoms with E-state index in [4.69, 9.17) is 10.5 Å². The molecule has 0 spiro atoms. The summed E-state index contributed by atoms with van der Waals surface area (Å²) in [7, 11) is 0. The molecule has 1 rings (SSSR count). The van der Waals surface area contributed by atoms with Crippen LogP contribution in [0.1, 0.15) is 98.2 Å². The van der Waals surface area contributed by atoms with E-state index in [2.05, 4.69) is 10.6 Å². The standard InChI is InChI=1S/C28H46N4O5/c1-9-12-18(4)30-25(34)24(21-15-13-20(11-3)14-16-21)32(19(5)10-2)26(35)22(17-23(29)33)31-27(36)37-28(6,7)8/h13-16,18-19,22,24H,9-12,17H2,1-8H3,(H2,29,33)(H,30,34)(H,31,36). The van der Waals surface area contributed by atoms with Crippen molar-refractivity contribution in [1.82, 2.24) is 15.5 Å². The van der Waals surface area contributed by atoms with E-state index in [9.17, 15) is 19.2 Å². The van der Waals surface area contributed by atoms with Crippen LogP contribution in [0.4, 0.5) is 4.79 Å². The van der Waals surface area contributed by atoms with Gasteiger partial charge in [-0.3, -0.25) is 14.4 Å². The number of ether oxygens (including phenoxy) is 1. The molecule has 208 valence electrons. The Bertz CT molecular complexity index is 910. The molecule has 0 heterocycles. The lowest BCUT2D eigenvalue weighted by atomic mass is 9.97. The van der Waals surface area contributed by atoms with Crippen LogP contribution in [-0.4, -0.2) is 52.4 Å². The average molecular weight is 519 g/mol. The van der Waals surface area contributed by atoms with Crippen molar-refractivity contribution in [3.05, 3.63) is 35.4 Å². The Kier molecular flexibility index (Phi) is 12.6. The summed E-state index contributed by atoms with van der Waals surface area (Å²) in [6.07, 6.45) is 1.78. The van der Waals surface area contributed by atoms with Crippen molar-refractivity contribution in [2.75, 3.05) is 0 Å². The Balaban J connectivity index is 3.55. The highest BCUT2D eigenvalue weighted by Crippen LogP contribution is 2.27. The van der Waals surface area contributed by atoms with E-state index in [0.29, 0.717) is 12.0 Å². The van der Waals surface area contributed by atoms with Gasteiger partial charge in [0.05, 0.1) is 6.42 Å². The summed E-state index contributed by atoms with van der Waals surface area (Å²) in [5.41, 5.74) is 6.37. The lowest BCUT2D eigenvalue weighted by Crippen LogP contribution is -2.56. The number of primary amides is 1. The third kappa shape index (κ3) is 10.4. The number of nitrogens with two attached hydrogens (primary N) is 1. The van der Waals surface area contributed by atoms with E-state index in [0.717, 1.165) is 24.8 Å². The van der Waals surface area contributed by atoms with Gasteiger partial charge in [-0.05, 0) is 65.0 Å². The smallest absolute Gasteiger partial charge is 0.408 e. The monoisotopic (exact) mass is 518 g/mol. The summed E-state index contributed by atoms with van der Waals surface area (Å²) in [6, 6.07) is 4.83. The fourth-order valence-electron chi connectivity index (χ4n) is 4.03. The fraction of sp³-hybridized carbons (Fsp3) is 0.643. The van der Waals surface area contributed by atoms with E-state index in [-0.39, 0.29) is 18.0 Å². The second-order valence-corrected chi connectivity index (χ2v) is 10.6. The van der Waals surface area contributed by atoms with Crippen LogP contribution in [0.5, 0.6) is 0 Å². The van der Waals surface area contributed by atoms with E-state index in [1.807, 2.05) is 58.9 Å². The minimum Gasteiger partial charge on any atom is -0.444 e. The van der Waals surface area contributed by atoms with Gasteiger partial charge in [0.1, 0.15) is 17.7 Å². The molecular weight excluding hydrogens is 472 g/mol. The topological polar surface area (TPSA) is 131 Å². The molecule has 1 aromatic rings. The Hall–Kier alpha value is -3.10. The van der Waals surface area contributed by atoms with Crippen molar-refractivity contribution < 1.29 is 23.9 Å². The molecule has 0 saturated heterocycles. The molecule has 9 nitrogen and oxygen atoms in total. The molecule has 1 aromatic carbocycles. The quantitative estimate of drug-likeness (QED) is 0.363. The number of alkyl carbamates (subject to hydrolysis) is 1. The Morgan fingerprint density at radius 2 is 1.59 bits per heavy atom. The van der Waals surface area contributed by atoms with Gasteiger partial charge in [-0.2, -0.15) is 0 Å². The predicted molar refractivity (Wildman–Crippen MR) is 145 cm³/mol. The van der Waals surface area contributed by atoms with Gasteiger partial charge in [-0.1, -0.05) is 51.5 Å². The zero-order valence-electron chi connectivity index (χ0n) is 23.7. The number of nitrogens with zero attached hydrogens (tertiary/aromatic N) is 1. The van der Waals surface area contributed by atoms with Gasteiger partial charge >= 0.3 is 6.09 Å². The molecule has 37 heavy (non-hydrogen) atoms. The molecule has 0 aliphatic carbocycles. The third-order valence-electron chi connectivity index (χ3n) is 6.06. The van der Waals surface area contributed by atoms with Gasteiger partial charge in [-0.15, -0.1) is 0 Å². The van der Waals surface area contributed by atoms with Crippen LogP contribution in [-0.2, 0) is 25.5 Å². The molecule has 4 amide bonds. The van der Waals surface area contributed by atoms with Crippen LogP contribution in [0.3, 0.4) is 0 Å². The van der Waals surface area contributed by atoms with Crippen molar-refractivity contribution in [1.29, 1.82) is 0 Å². The molecule has 0 aliphatic heterocycles. The Morgan fingerprint density at radius 1 is 1.00 bits per heavy atom. The van der Waals surface area contributed by atoms with Crippen LogP contribution in [0.15, 0.2) is 24.3 Å². The van der Waals surface area contributed by atoms with Gasteiger partial charge in [-0.25, -0.2) is 4.79 Å². The van der Waals surface area contributed by atoms with Crippen LogP contribution < -0.4 is 16.4 Å². The van der Waals surface area contributed by atoms with Gasteiger partial charge < -0.3 is 26.0 Å². The maximum Gasteiger partial charge on any atom is 0.408 e. The lowest BCUT2D eigenvalue weighted by Gasteiger charge is -2.38. The number of amides is 4. The summed E-state index contributed by atoms with van der Waals surface area (Å²) in [5, 5.41) is 5.54. The van der Waals surface area contributed by atoms with E-state index in [1.54, 1.807) is 20.8 Å². The van der Waals surface area contributed by atoms with E-state index in [1.165, 1.54) is 4.90 Å². The molecule has 4 atom stereocenters. The minimum absolute atomic E-state index is 0.0925. The maximum absolute atomic E-state index is 14.0. The molecule has 0 fully saturated rings. The SMILES string of the molecule is CCCC(C)NC(=O)C(c1ccc(CC)cc1)N(C(=O)C(CC(N)=O)NC(=O)OC(C)(C)C)C(C)CC. The molecule has 4 unspecified atom stereocenters. The number of hydrogen-bond donors (Lipinski definition) is 3. The van der Waals surface area contributed by atoms with Crippen LogP contribution in [0.25, 0.3) is 0 Å². The largest absolute Gasteiger partial charge is 0.444 e. The summed E-state index contributed by atoms with van der Waals surface area (Å²) >= 11 is 0. The van der Waals surface area contributed by atoms with Crippen LogP contribution in [0.2, 0.25) is 0 Å². The predicted octanol–water partition coefficient (Wildman–Crippen LogP) is 3.99. The van der Waals surface area contributed by atoms with Crippen molar-refractivity contribution in [3.63, 3.8) is 0 Å². The van der Waals surface area contributed by atoms with E-state index < -0.39 is 42.0 Å². The molecule has 0 radical (unpaired) electrons. The second-order valence-electron chi connectivity index (χ2n) is 10.6. The zero-order chi connectivity index (χ0) is 28.3. The van der Waals surface area contributed by atoms with Crippen LogP contribution in [0, 0.1) is 0 Å². The van der Waals surface area contributed by atoms with E-state index >= 15 is 0 Å². The summed E-state index contributed by atoms with van der Waals surface area (Å²) < 4.78 is 5.31. The number of carbonyl (C=O) groups is 4. The first-order chi connectivity index (χ1) is 17.2. The normalized spacial score (nSPS) is 14.6. The fourth-order valence-corrected chi connectivity index (χ4v) is 4.03. The molecule has 4 N–H and O–H groups in total. The first kappa shape index (κ1) is 31.9. The van der Waals surface area contributed by atoms with Gasteiger partial charge in [0, 0.05) is 12.1 Å². The Labute approximate surface area is 221 Å². The van der Waals surface area contributed by atoms with Gasteiger partial charge in [0.25, 0.3) is 0 Å². The highest BCUT2D eigenvalue weighted by molar-refractivity contribution is 5.94. The molecule has 0 aliphatic rings. The second kappa shape index (κ2) is 14.6. The van der Waals surface area contributed by atoms with Gasteiger partial charge in [0.15, 0.2) is 0 Å². The molecule has 0 saturated carbocycles. The molecular formula is C28H46N4O5. The molecule has 9 heteroatoms. The number of nitrogens with one attached hydrogen (secondary N) is 2. The highest BCUT2D eigenvalue weighted by Gasteiger charge is 2.39. The van der Waals surface area contributed by atoms with Crippen molar-refractivity contribution in [2.24, 2.45) is 5.73 Å². The molecule has 0 aromatic heterocycles. The first-order valence-corrected chi connectivity index (χ1v) is 13.2. The summed E-state index contributed by atoms with van der Waals surface area (Å²) in [6.45, 7) is 14.8. The van der Waals surface area contributed by atoms with Crippen molar-refractivity contribution in [3.8, 4) is 0 Å². The molecule has 0 bridgehead atoms. The van der Waals surface area contributed by atoms with Crippen molar-refractivity contribution in [2.45, 2.75) is 117 Å². The lowest BCUT2D eigenvalue weighted by molar-refractivity contribution is -0.146. The first-order valence-electron chi connectivity index (χ1n) is 13.2. The highest BCUT2D eigenvalue weighted by atomic mass is 16.6. The number of aryl methyl sites for hydroxylation is 1. The average Bonchev–Trinajstić information content (AvgIpc) is 2.79. The third-order valence-corrected chi connectivity index (χ3v) is 6.06. The number of carbonyl (C=O) groups excluding carboxylic acids is 4. The summed E-state index contributed by atoms with van der Waals surface area (Å²) in [5.74, 6) is -1.67. The number of benzene rings is 1. The Morgan fingerprint density at radius 3 is 2.05 bits per heavy atom.